The molecule has 1 aromatic heterocycles. The number of aryl methyl sites for hydroxylation is 1. The Bertz CT molecular complexity index is 1120. The molecule has 0 aliphatic carbocycles. The van der Waals surface area contributed by atoms with Crippen LogP contribution in [-0.4, -0.2) is 28.3 Å². The zero-order valence-corrected chi connectivity index (χ0v) is 22.2. The number of ether oxygens (including phenoxy) is 1. The molecule has 1 heterocycles. The first-order valence-electron chi connectivity index (χ1n) is 12.3. The molecule has 194 valence electrons. The number of amides is 2. The normalized spacial score (nSPS) is 13.0. The van der Waals surface area contributed by atoms with Crippen LogP contribution >= 0.6 is 0 Å². The molecule has 2 rings (SSSR count). The van der Waals surface area contributed by atoms with Gasteiger partial charge in [-0.3, -0.25) is 9.59 Å². The number of nitrogens with zero attached hydrogens (tertiary/aromatic N) is 1. The van der Waals surface area contributed by atoms with E-state index in [1.807, 2.05) is 53.7 Å². The lowest BCUT2D eigenvalue weighted by atomic mass is 9.83. The fourth-order valence-corrected chi connectivity index (χ4v) is 4.11. The fourth-order valence-electron chi connectivity index (χ4n) is 4.11. The van der Waals surface area contributed by atoms with Crippen LogP contribution < -0.4 is 21.3 Å². The predicted octanol–water partition coefficient (Wildman–Crippen LogP) is 5.00. The predicted molar refractivity (Wildman–Crippen MR) is 139 cm³/mol. The monoisotopic (exact) mass is 487 g/mol. The van der Waals surface area contributed by atoms with E-state index in [4.69, 9.17) is 10.5 Å². The molecule has 35 heavy (non-hydrogen) atoms. The van der Waals surface area contributed by atoms with Gasteiger partial charge in [0.05, 0.1) is 23.7 Å². The van der Waals surface area contributed by atoms with Gasteiger partial charge in [0.15, 0.2) is 0 Å². The molecule has 4 N–H and O–H groups in total. The van der Waals surface area contributed by atoms with Crippen LogP contribution in [0.15, 0.2) is 23.0 Å². The highest BCUT2D eigenvalue weighted by Gasteiger charge is 2.35. The quantitative estimate of drug-likeness (QED) is 0.407. The number of nitrogens with one attached hydrogen (secondary N) is 1. The third-order valence-corrected chi connectivity index (χ3v) is 5.77. The van der Waals surface area contributed by atoms with Gasteiger partial charge in [-0.25, -0.2) is 4.79 Å². The Morgan fingerprint density at radius 3 is 2.31 bits per heavy atom. The van der Waals surface area contributed by atoms with E-state index >= 15 is 0 Å². The van der Waals surface area contributed by atoms with Crippen LogP contribution in [0.3, 0.4) is 0 Å². The topological polar surface area (TPSA) is 124 Å². The van der Waals surface area contributed by atoms with Gasteiger partial charge in [-0.05, 0) is 41.4 Å². The maximum atomic E-state index is 13.9. The van der Waals surface area contributed by atoms with Crippen LogP contribution in [0.5, 0.6) is 5.75 Å². The Balaban J connectivity index is 2.98. The SMILES string of the molecule is CCCCOc1c(C(NC(=O)O)C(C)(C)C)n(CC(C)(C)C)c(=O)c2ccc(CCC(N)=O)cc12. The van der Waals surface area contributed by atoms with Gasteiger partial charge in [-0.2, -0.15) is 0 Å². The average molecular weight is 488 g/mol. The number of pyridine rings is 1. The number of hydrogen-bond donors (Lipinski definition) is 3. The van der Waals surface area contributed by atoms with Crippen molar-refractivity contribution in [2.45, 2.75) is 86.7 Å². The molecule has 1 atom stereocenters. The number of unbranched alkanes of at least 4 members (excludes halogenated alkanes) is 1. The maximum Gasteiger partial charge on any atom is 0.405 e. The average Bonchev–Trinajstić information content (AvgIpc) is 2.72. The minimum atomic E-state index is -1.17. The number of rotatable bonds is 10. The molecule has 2 aromatic rings. The second kappa shape index (κ2) is 11.1. The third kappa shape index (κ3) is 7.47. The summed E-state index contributed by atoms with van der Waals surface area (Å²) in [5.74, 6) is 0.108. The molecule has 1 unspecified atom stereocenters. The molecular weight excluding hydrogens is 446 g/mol. The number of fused-ring (bicyclic) bond motifs is 1. The summed E-state index contributed by atoms with van der Waals surface area (Å²) in [4.78, 5) is 37.1. The van der Waals surface area contributed by atoms with Crippen molar-refractivity contribution in [3.63, 3.8) is 0 Å². The van der Waals surface area contributed by atoms with Crippen molar-refractivity contribution in [1.82, 2.24) is 9.88 Å². The highest BCUT2D eigenvalue weighted by molar-refractivity contribution is 5.89. The summed E-state index contributed by atoms with van der Waals surface area (Å²) in [6.07, 6.45) is 1.20. The Morgan fingerprint density at radius 2 is 1.80 bits per heavy atom. The lowest BCUT2D eigenvalue weighted by molar-refractivity contribution is -0.117. The van der Waals surface area contributed by atoms with Crippen molar-refractivity contribution < 1.29 is 19.4 Å². The maximum absolute atomic E-state index is 13.9. The molecule has 8 heteroatoms. The van der Waals surface area contributed by atoms with Crippen molar-refractivity contribution in [3.8, 4) is 5.75 Å². The lowest BCUT2D eigenvalue weighted by Gasteiger charge is -2.35. The Morgan fingerprint density at radius 1 is 1.14 bits per heavy atom. The van der Waals surface area contributed by atoms with Crippen molar-refractivity contribution in [2.75, 3.05) is 6.61 Å². The van der Waals surface area contributed by atoms with Crippen LogP contribution in [0.2, 0.25) is 0 Å². The van der Waals surface area contributed by atoms with Gasteiger partial charge in [0.1, 0.15) is 5.75 Å². The lowest BCUT2D eigenvalue weighted by Crippen LogP contribution is -2.41. The number of hydrogen-bond acceptors (Lipinski definition) is 4. The van der Waals surface area contributed by atoms with Gasteiger partial charge in [0.2, 0.25) is 5.91 Å². The molecule has 2 amide bonds. The zero-order chi connectivity index (χ0) is 26.6. The van der Waals surface area contributed by atoms with Gasteiger partial charge >= 0.3 is 6.09 Å². The number of benzene rings is 1. The second-order valence-electron chi connectivity index (χ2n) is 11.5. The van der Waals surface area contributed by atoms with E-state index < -0.39 is 23.5 Å². The first-order chi connectivity index (χ1) is 16.2. The zero-order valence-electron chi connectivity index (χ0n) is 22.2. The summed E-state index contributed by atoms with van der Waals surface area (Å²) in [5, 5.41) is 13.5. The number of carbonyl (C=O) groups excluding carboxylic acids is 1. The molecule has 1 aromatic carbocycles. The molecular formula is C27H41N3O5. The van der Waals surface area contributed by atoms with E-state index in [2.05, 4.69) is 12.2 Å². The largest absolute Gasteiger partial charge is 0.491 e. The summed E-state index contributed by atoms with van der Waals surface area (Å²) < 4.78 is 8.03. The van der Waals surface area contributed by atoms with Crippen LogP contribution in [0.25, 0.3) is 10.8 Å². The highest BCUT2D eigenvalue weighted by atomic mass is 16.5. The molecule has 0 saturated carbocycles. The Kier molecular flexibility index (Phi) is 8.98. The van der Waals surface area contributed by atoms with Crippen molar-refractivity contribution >= 4 is 22.8 Å². The van der Waals surface area contributed by atoms with E-state index in [9.17, 15) is 19.5 Å². The standard InChI is InChI=1S/C27H41N3O5/c1-8-9-14-35-22-19-15-17(11-13-20(28)31)10-12-18(19)24(32)30(16-26(2,3)4)21(22)23(27(5,6)7)29-25(33)34/h10,12,15,23,29H,8-9,11,13-14,16H2,1-7H3,(H2,28,31)(H,33,34). The molecule has 0 spiro atoms. The van der Waals surface area contributed by atoms with E-state index in [-0.39, 0.29) is 17.4 Å². The van der Waals surface area contributed by atoms with Gasteiger partial charge in [0.25, 0.3) is 5.56 Å². The first kappa shape index (κ1) is 28.2. The van der Waals surface area contributed by atoms with Gasteiger partial charge in [-0.15, -0.1) is 0 Å². The van der Waals surface area contributed by atoms with Gasteiger partial charge in [-0.1, -0.05) is 61.0 Å². The summed E-state index contributed by atoms with van der Waals surface area (Å²) >= 11 is 0. The Hall–Kier alpha value is -3.03. The highest BCUT2D eigenvalue weighted by Crippen LogP contribution is 2.41. The summed E-state index contributed by atoms with van der Waals surface area (Å²) in [6, 6.07) is 4.76. The molecule has 0 aliphatic heterocycles. The number of aromatic nitrogens is 1. The Labute approximate surface area is 207 Å². The van der Waals surface area contributed by atoms with Crippen LogP contribution in [0, 0.1) is 10.8 Å². The molecule has 8 nitrogen and oxygen atoms in total. The minimum Gasteiger partial charge on any atom is -0.491 e. The van der Waals surface area contributed by atoms with Gasteiger partial charge < -0.3 is 25.5 Å². The van der Waals surface area contributed by atoms with E-state index in [0.717, 1.165) is 18.4 Å². The van der Waals surface area contributed by atoms with E-state index in [1.54, 1.807) is 10.6 Å². The number of carbonyl (C=O) groups is 2. The smallest absolute Gasteiger partial charge is 0.405 e. The molecule has 0 bridgehead atoms. The van der Waals surface area contributed by atoms with E-state index in [0.29, 0.717) is 41.8 Å². The van der Waals surface area contributed by atoms with Crippen molar-refractivity contribution in [3.05, 3.63) is 39.8 Å². The van der Waals surface area contributed by atoms with Crippen molar-refractivity contribution in [1.29, 1.82) is 0 Å². The summed E-state index contributed by atoms with van der Waals surface area (Å²) in [5.41, 5.74) is 5.72. The molecule has 0 saturated heterocycles. The molecule has 0 radical (unpaired) electrons. The van der Waals surface area contributed by atoms with Gasteiger partial charge in [0, 0.05) is 18.4 Å². The minimum absolute atomic E-state index is 0.191. The summed E-state index contributed by atoms with van der Waals surface area (Å²) in [6.45, 7) is 14.8. The second-order valence-corrected chi connectivity index (χ2v) is 11.5. The van der Waals surface area contributed by atoms with Crippen LogP contribution in [0.4, 0.5) is 4.79 Å². The first-order valence-corrected chi connectivity index (χ1v) is 12.3. The molecule has 0 fully saturated rings. The number of nitrogens with two attached hydrogens (primary N) is 1. The third-order valence-electron chi connectivity index (χ3n) is 5.77. The van der Waals surface area contributed by atoms with E-state index in [1.165, 1.54) is 0 Å². The molecule has 0 aliphatic rings. The number of primary amides is 1. The fraction of sp³-hybridized carbons (Fsp3) is 0.593. The van der Waals surface area contributed by atoms with Crippen LogP contribution in [0.1, 0.15) is 85.0 Å². The van der Waals surface area contributed by atoms with Crippen molar-refractivity contribution in [2.24, 2.45) is 16.6 Å². The summed E-state index contributed by atoms with van der Waals surface area (Å²) in [7, 11) is 0. The van der Waals surface area contributed by atoms with Crippen LogP contribution in [-0.2, 0) is 17.8 Å². The number of carboxylic acid groups (broad SMARTS) is 1.